The second kappa shape index (κ2) is 8.49. The summed E-state index contributed by atoms with van der Waals surface area (Å²) in [6.07, 6.45) is 0. The molecule has 0 fully saturated rings. The van der Waals surface area contributed by atoms with Crippen LogP contribution in [0.4, 0.5) is 0 Å². The van der Waals surface area contributed by atoms with E-state index in [0.717, 1.165) is 0 Å². The van der Waals surface area contributed by atoms with Crippen molar-refractivity contribution in [1.82, 2.24) is 0 Å². The molecule has 2 aromatic heterocycles. The van der Waals surface area contributed by atoms with Crippen molar-refractivity contribution in [3.8, 4) is 0 Å². The molecule has 0 spiro atoms. The SMILES string of the molecule is CC(C)c1cc2c3c(c1)[Si](C)(C)c1sc4sc5cc6ccccc6cc5c4c1B3c1ccc(C(C)(C)C)cc1C2(C)C. The molecule has 210 valence electrons. The fourth-order valence-electron chi connectivity index (χ4n) is 7.98. The minimum absolute atomic E-state index is 0.0495. The molecule has 0 radical (unpaired) electrons. The smallest absolute Gasteiger partial charge is 0.134 e. The highest BCUT2D eigenvalue weighted by Gasteiger charge is 2.51. The van der Waals surface area contributed by atoms with Gasteiger partial charge in [0.05, 0.1) is 4.01 Å². The first-order chi connectivity index (χ1) is 19.8. The number of hydrogen-bond donors (Lipinski definition) is 0. The predicted octanol–water partition coefficient (Wildman–Crippen LogP) is 7.98. The largest absolute Gasteiger partial charge is 0.243 e. The molecule has 0 N–H and O–H groups in total. The first-order valence-electron chi connectivity index (χ1n) is 15.5. The minimum atomic E-state index is -1.95. The normalized spacial score (nSPS) is 16.8. The van der Waals surface area contributed by atoms with E-state index in [2.05, 4.69) is 140 Å². The lowest BCUT2D eigenvalue weighted by Gasteiger charge is -2.46. The molecule has 4 aromatic carbocycles. The summed E-state index contributed by atoms with van der Waals surface area (Å²) >= 11 is 4.15. The molecule has 0 bridgehead atoms. The maximum atomic E-state index is 2.63. The van der Waals surface area contributed by atoms with Crippen molar-refractivity contribution in [3.63, 3.8) is 0 Å². The first kappa shape index (κ1) is 26.9. The molecular formula is C38H39BS2Si. The predicted molar refractivity (Wildman–Crippen MR) is 194 cm³/mol. The van der Waals surface area contributed by atoms with Gasteiger partial charge in [0.2, 0.25) is 6.71 Å². The van der Waals surface area contributed by atoms with Crippen molar-refractivity contribution < 1.29 is 0 Å². The summed E-state index contributed by atoms with van der Waals surface area (Å²) in [5.41, 5.74) is 10.9. The third-order valence-corrected chi connectivity index (χ3v) is 17.8. The summed E-state index contributed by atoms with van der Waals surface area (Å²) in [4.78, 5) is 0. The molecule has 0 unspecified atom stereocenters. The van der Waals surface area contributed by atoms with Gasteiger partial charge in [-0.3, -0.25) is 0 Å². The van der Waals surface area contributed by atoms with Crippen molar-refractivity contribution in [2.24, 2.45) is 0 Å². The lowest BCUT2D eigenvalue weighted by atomic mass is 9.31. The monoisotopic (exact) mass is 598 g/mol. The maximum absolute atomic E-state index is 2.63. The van der Waals surface area contributed by atoms with Gasteiger partial charge in [-0.2, -0.15) is 0 Å². The molecule has 0 atom stereocenters. The Morgan fingerprint density at radius 1 is 0.810 bits per heavy atom. The Labute approximate surface area is 259 Å². The lowest BCUT2D eigenvalue weighted by molar-refractivity contribution is 0.583. The van der Waals surface area contributed by atoms with Gasteiger partial charge < -0.3 is 0 Å². The number of hydrogen-bond acceptors (Lipinski definition) is 2. The van der Waals surface area contributed by atoms with Gasteiger partial charge in [-0.1, -0.05) is 132 Å². The van der Waals surface area contributed by atoms with Crippen LogP contribution in [-0.2, 0) is 10.8 Å². The Bertz CT molecular complexity index is 2120. The van der Waals surface area contributed by atoms with Crippen LogP contribution in [0, 0.1) is 0 Å². The van der Waals surface area contributed by atoms with Crippen molar-refractivity contribution in [2.75, 3.05) is 0 Å². The Morgan fingerprint density at radius 2 is 1.52 bits per heavy atom. The van der Waals surface area contributed by atoms with Gasteiger partial charge in [-0.25, -0.2) is 0 Å². The zero-order valence-corrected chi connectivity index (χ0v) is 29.0. The highest BCUT2D eigenvalue weighted by Crippen LogP contribution is 2.42. The fraction of sp³-hybridized carbons (Fsp3) is 0.316. The summed E-state index contributed by atoms with van der Waals surface area (Å²) < 4.78 is 4.65. The summed E-state index contributed by atoms with van der Waals surface area (Å²) in [6.45, 7) is 22.3. The average Bonchev–Trinajstić information content (AvgIpc) is 3.47. The number of thiophene rings is 2. The van der Waals surface area contributed by atoms with Crippen LogP contribution in [0.5, 0.6) is 0 Å². The van der Waals surface area contributed by atoms with Gasteiger partial charge in [-0.15, -0.1) is 22.7 Å². The fourth-order valence-corrected chi connectivity index (χ4v) is 15.0. The molecule has 0 saturated carbocycles. The van der Waals surface area contributed by atoms with Gasteiger partial charge in [0.15, 0.2) is 0 Å². The van der Waals surface area contributed by atoms with Crippen LogP contribution in [0.15, 0.2) is 66.7 Å². The molecule has 42 heavy (non-hydrogen) atoms. The standard InChI is InChI=1S/C38H39BS2Si/c1-21(2)24-17-28-33-31(19-24)42(8,9)36-34(39(33)29-15-14-25(37(3,4)5)20-27(29)38(28,6)7)32-26-16-22-12-10-11-13-23(22)18-30(26)40-35(32)41-36/h10-21H,1-9H3. The summed E-state index contributed by atoms with van der Waals surface area (Å²) in [5.74, 6) is 0.512. The lowest BCUT2D eigenvalue weighted by Crippen LogP contribution is -2.78. The molecule has 0 nitrogen and oxygen atoms in total. The van der Waals surface area contributed by atoms with Gasteiger partial charge in [0.1, 0.15) is 8.07 Å². The second-order valence-corrected chi connectivity index (χ2v) is 22.2. The third-order valence-electron chi connectivity index (χ3n) is 10.5. The highest BCUT2D eigenvalue weighted by molar-refractivity contribution is 7.49. The average molecular weight is 599 g/mol. The van der Waals surface area contributed by atoms with E-state index < -0.39 is 8.07 Å². The van der Waals surface area contributed by atoms with E-state index in [1.165, 1.54) is 47.0 Å². The summed E-state index contributed by atoms with van der Waals surface area (Å²) in [7, 11) is -1.95. The topological polar surface area (TPSA) is 0 Å². The van der Waals surface area contributed by atoms with Crippen molar-refractivity contribution in [3.05, 3.63) is 89.0 Å². The van der Waals surface area contributed by atoms with Gasteiger partial charge in [0.25, 0.3) is 0 Å². The number of fused-ring (bicyclic) bond motifs is 9. The molecule has 4 heterocycles. The molecule has 6 aromatic rings. The van der Waals surface area contributed by atoms with Crippen LogP contribution in [0.25, 0.3) is 30.3 Å². The Kier molecular flexibility index (Phi) is 5.45. The van der Waals surface area contributed by atoms with E-state index in [4.69, 9.17) is 0 Å². The Balaban J connectivity index is 1.54. The van der Waals surface area contributed by atoms with Gasteiger partial charge >= 0.3 is 0 Å². The van der Waals surface area contributed by atoms with Gasteiger partial charge in [-0.05, 0) is 66.5 Å². The number of rotatable bonds is 1. The molecular weight excluding hydrogens is 559 g/mol. The maximum Gasteiger partial charge on any atom is 0.243 e. The molecule has 0 saturated heterocycles. The molecule has 2 aliphatic rings. The van der Waals surface area contributed by atoms with Crippen LogP contribution < -0.4 is 26.1 Å². The minimum Gasteiger partial charge on any atom is -0.134 e. The van der Waals surface area contributed by atoms with E-state index in [0.29, 0.717) is 12.6 Å². The van der Waals surface area contributed by atoms with E-state index in [1.807, 2.05) is 11.3 Å². The molecule has 4 heteroatoms. The second-order valence-electron chi connectivity index (χ2n) is 15.2. The van der Waals surface area contributed by atoms with E-state index in [-0.39, 0.29) is 10.8 Å². The van der Waals surface area contributed by atoms with Crippen LogP contribution >= 0.6 is 22.7 Å². The van der Waals surface area contributed by atoms with Crippen LogP contribution in [0.3, 0.4) is 0 Å². The van der Waals surface area contributed by atoms with E-state index >= 15 is 0 Å². The zero-order chi connectivity index (χ0) is 29.5. The number of benzene rings is 4. The molecule has 0 amide bonds. The van der Waals surface area contributed by atoms with E-state index in [1.54, 1.807) is 31.6 Å². The van der Waals surface area contributed by atoms with Crippen molar-refractivity contribution in [2.45, 2.75) is 78.3 Å². The van der Waals surface area contributed by atoms with Crippen LogP contribution in [0.2, 0.25) is 13.1 Å². The summed E-state index contributed by atoms with van der Waals surface area (Å²) in [6, 6.07) is 26.6. The highest BCUT2D eigenvalue weighted by atomic mass is 32.2. The third kappa shape index (κ3) is 3.46. The van der Waals surface area contributed by atoms with Crippen molar-refractivity contribution >= 4 is 93.8 Å². The molecule has 8 rings (SSSR count). The zero-order valence-electron chi connectivity index (χ0n) is 26.3. The quantitative estimate of drug-likeness (QED) is 0.168. The summed E-state index contributed by atoms with van der Waals surface area (Å²) in [5, 5.41) is 7.37. The first-order valence-corrected chi connectivity index (χ1v) is 20.1. The van der Waals surface area contributed by atoms with Gasteiger partial charge in [0, 0.05) is 20.9 Å². The molecule has 2 aliphatic heterocycles. The van der Waals surface area contributed by atoms with E-state index in [9.17, 15) is 0 Å². The van der Waals surface area contributed by atoms with Crippen molar-refractivity contribution in [1.29, 1.82) is 0 Å². The molecule has 0 aliphatic carbocycles. The van der Waals surface area contributed by atoms with Crippen LogP contribution in [-0.4, -0.2) is 14.8 Å². The Hall–Kier alpha value is -2.66. The Morgan fingerprint density at radius 3 is 2.21 bits per heavy atom. The van der Waals surface area contributed by atoms with Crippen LogP contribution in [0.1, 0.15) is 76.6 Å².